The van der Waals surface area contributed by atoms with Gasteiger partial charge in [-0.1, -0.05) is 6.92 Å². The summed E-state index contributed by atoms with van der Waals surface area (Å²) in [6, 6.07) is -0.574. The highest BCUT2D eigenvalue weighted by Crippen LogP contribution is 3.07. The molecule has 101 unspecified atom stereocenters. The van der Waals surface area contributed by atoms with Crippen LogP contribution >= 0.6 is 0 Å². The van der Waals surface area contributed by atoms with Crippen LogP contribution < -0.4 is 21.3 Å². The van der Waals surface area contributed by atoms with E-state index in [1.165, 1.54) is 31.1 Å². The van der Waals surface area contributed by atoms with Crippen molar-refractivity contribution in [1.82, 2.24) is 21.3 Å². The minimum atomic E-state index is -1.12. The molecule has 0 saturated heterocycles. The number of hydrogen-bond acceptors (Lipinski definition) is 8. The van der Waals surface area contributed by atoms with E-state index in [2.05, 4.69) is 55.9 Å². The summed E-state index contributed by atoms with van der Waals surface area (Å²) < 4.78 is 13.3. The fourth-order valence-electron chi connectivity index (χ4n) is 75.6. The van der Waals surface area contributed by atoms with Crippen LogP contribution in [0.2, 0.25) is 0 Å². The summed E-state index contributed by atoms with van der Waals surface area (Å²) in [7, 11) is 0. The van der Waals surface area contributed by atoms with Gasteiger partial charge in [-0.05, 0) is 663 Å². The molecule has 14 heteroatoms. The number of nitrogens with one attached hydrogen (secondary N) is 4. The van der Waals surface area contributed by atoms with E-state index in [4.69, 9.17) is 9.47 Å². The van der Waals surface area contributed by atoms with Crippen LogP contribution in [-0.2, 0) is 38.2 Å². The fourth-order valence-corrected chi connectivity index (χ4v) is 75.6. The Morgan fingerprint density at radius 1 is 0.228 bits per heavy atom. The first kappa shape index (κ1) is 79.2. The molecule has 0 heterocycles. The number of ether oxygens (including phenoxy) is 2. The molecule has 47 aliphatic carbocycles. The number of fused-ring (bicyclic) bond motifs is 22. The summed E-state index contributed by atoms with van der Waals surface area (Å²) in [4.78, 5) is 83.0. The van der Waals surface area contributed by atoms with E-state index >= 15 is 9.59 Å². The maximum Gasteiger partial charge on any atom is 0.328 e. The van der Waals surface area contributed by atoms with Gasteiger partial charge in [0, 0.05) is 60.3 Å². The van der Waals surface area contributed by atoms with Crippen LogP contribution in [0.25, 0.3) is 0 Å². The Labute approximate surface area is 855 Å². The highest BCUT2D eigenvalue weighted by molar-refractivity contribution is 5.94. The van der Waals surface area contributed by atoms with Gasteiger partial charge in [0.15, 0.2) is 0 Å². The topological polar surface area (TPSA) is 209 Å². The Morgan fingerprint density at radius 2 is 0.469 bits per heavy atom. The average Bonchev–Trinajstić information content (AvgIpc) is 0.581. The summed E-state index contributed by atoms with van der Waals surface area (Å²) in [6.07, 6.45) is 18.8. The number of rotatable bonds is 20. The lowest BCUT2D eigenvalue weighted by atomic mass is 9.04. The Balaban J connectivity index is 0.461. The van der Waals surface area contributed by atoms with Crippen molar-refractivity contribution in [3.63, 3.8) is 0 Å². The molecule has 0 aromatic rings. The van der Waals surface area contributed by atoms with Crippen molar-refractivity contribution in [3.05, 3.63) is 24.3 Å². The van der Waals surface area contributed by atoms with Crippen LogP contribution in [0.1, 0.15) is 119 Å². The minimum absolute atomic E-state index is 0.0130. The second-order valence-electron chi connectivity index (χ2n) is 68.4. The molecular formula is C131H158N4O10. The van der Waals surface area contributed by atoms with Crippen LogP contribution in [0.4, 0.5) is 0 Å². The molecule has 47 fully saturated rings. The number of carbonyl (C=O) groups is 6. The van der Waals surface area contributed by atoms with E-state index in [9.17, 15) is 29.4 Å². The summed E-state index contributed by atoms with van der Waals surface area (Å²) in [5.74, 6) is 93.5. The SMILES string of the molecule is CC(COC(C)CC(C)NC(=O)C1CCC2CC3CCC4C5C3C3C2C1C1CC2C6C7C1C3C1C5C4C3C4C1C7C1C5C6C2C2C6C5C5C7C1C4C3C1C7C3C1C1C4C7C8C9C%10C%11CC%12CC%13CC(C)C%14C(C(=O)NC(C)CC(C)OCC(C)NC(=O)/C=C\C(=O)O)C%15C%16C%17C%14C%13C(C%12%11)C%11C%10C9C9C(C%11%17)C%10C%16C%15C%11C%12C%10C%10C9C8C7C7C%10C8C%12C%11C9C%10C2C6C2C5C3C3C1C4C7C1C8C9C%10C2C31)NC(=O)/C=C\C(=O)O. The molecule has 0 aliphatic heterocycles. The summed E-state index contributed by atoms with van der Waals surface area (Å²) in [6.45, 7) is 16.5. The normalized spacial score (nSPS) is 76.6. The number of carboxylic acid groups (broad SMARTS) is 2. The zero-order valence-corrected chi connectivity index (χ0v) is 86.0. The van der Waals surface area contributed by atoms with Crippen LogP contribution in [0.5, 0.6) is 0 Å². The predicted octanol–water partition coefficient (Wildman–Crippen LogP) is 15.6. The Kier molecular flexibility index (Phi) is 12.8. The largest absolute Gasteiger partial charge is 0.478 e. The van der Waals surface area contributed by atoms with Gasteiger partial charge in [0.05, 0.1) is 25.4 Å². The standard InChI is InChI=1S/C131H158N4O10/c1-25-16-34-20-35-21-38-46(35)58-49(34)57-45(25)129(131(143)135-27(3)18-31(7)145-24-29(5)133-42(137)13-15-44(140)141)128-126-68(57)79-69(58)65-53(38)66-73(65)83-90(79)123-120-103-93(83)87-76(66)88-95(87)105-111(103)118-115-108-99-89(100(108)121-119(118)122(120)124(121)127(128)125(123)126)78-67-56-40-22-39-50-37(130(142)134-26(2)17-30(6)144-23-28(4)132-41(136)12-14-43(138)139)11-9-32-19-33-8-10-36-51-48(33)59(47(32)50)64-54(39)61-55(40)62(56)72-81-71(61)80-70(64)60(51)52(36)63-74(80)84-75(63)86-96-101(91(81)84)92-82(72)77(67)85(78)94-102(92)110-106(96)97(86)107-98(88)109-113(105)117(115)112(104(94)99)116(110)114(107)109/h12-15,25-40,45-129H,8-11,16-24H2,1-7H3,(H,132,136)(H,133,137)(H,134,142)(H,135,143)(H,138,139)(H,140,141)/b14-12-,15-13-. The van der Waals surface area contributed by atoms with Crippen molar-refractivity contribution >= 4 is 35.6 Å². The highest BCUT2D eigenvalue weighted by Gasteiger charge is 3.04. The maximum absolute atomic E-state index is 17.7. The third-order valence-corrected chi connectivity index (χ3v) is 70.8. The Hall–Kier alpha value is -3.78. The Bertz CT molecular complexity index is 6300. The lowest BCUT2D eigenvalue weighted by molar-refractivity contribution is -0.541. The van der Waals surface area contributed by atoms with Crippen LogP contribution in [0.3, 0.4) is 0 Å². The maximum atomic E-state index is 17.7. The van der Waals surface area contributed by atoms with Crippen LogP contribution in [0, 0.1) is 562 Å². The van der Waals surface area contributed by atoms with Gasteiger partial charge in [-0.2, -0.15) is 0 Å². The first-order valence-electron chi connectivity index (χ1n) is 65.1. The number of carbonyl (C=O) groups excluding carboxylic acids is 4. The first-order chi connectivity index (χ1) is 70.9. The van der Waals surface area contributed by atoms with Gasteiger partial charge in [-0.25, -0.2) is 9.59 Å². The molecule has 101 atom stereocenters. The molecule has 47 rings (SSSR count). The second-order valence-corrected chi connectivity index (χ2v) is 68.4. The number of aliphatic carboxylic acids is 2. The van der Waals surface area contributed by atoms with Crippen molar-refractivity contribution in [2.75, 3.05) is 13.2 Å². The van der Waals surface area contributed by atoms with Crippen molar-refractivity contribution in [1.29, 1.82) is 0 Å². The molecule has 0 spiro atoms. The minimum Gasteiger partial charge on any atom is -0.478 e. The quantitative estimate of drug-likeness (QED) is 0.0635. The van der Waals surface area contributed by atoms with E-state index < -0.39 is 23.8 Å². The van der Waals surface area contributed by atoms with Crippen molar-refractivity contribution < 1.29 is 48.5 Å². The second kappa shape index (κ2) is 23.5. The predicted molar refractivity (Wildman–Crippen MR) is 523 cm³/mol. The molecule has 47 saturated carbocycles. The molecule has 4 amide bonds. The lowest BCUT2D eigenvalue weighted by Gasteiger charge is -3.01. The highest BCUT2D eigenvalue weighted by atomic mass is 16.5. The molecule has 0 aromatic carbocycles. The van der Waals surface area contributed by atoms with E-state index in [0.717, 1.165) is 558 Å². The number of carboxylic acids is 2. The zero-order chi connectivity index (χ0) is 93.0. The van der Waals surface area contributed by atoms with E-state index in [-0.39, 0.29) is 48.2 Å². The van der Waals surface area contributed by atoms with Gasteiger partial charge >= 0.3 is 11.9 Å². The van der Waals surface area contributed by atoms with Gasteiger partial charge in [-0.15, -0.1) is 0 Å². The van der Waals surface area contributed by atoms with Crippen molar-refractivity contribution in [2.24, 2.45) is 562 Å². The number of amides is 4. The van der Waals surface area contributed by atoms with Crippen molar-refractivity contribution in [2.45, 2.75) is 155 Å². The molecule has 0 bridgehead atoms. The molecule has 14 nitrogen and oxygen atoms in total. The van der Waals surface area contributed by atoms with Gasteiger partial charge in [0.2, 0.25) is 23.6 Å². The summed E-state index contributed by atoms with van der Waals surface area (Å²) in [5.41, 5.74) is 0. The lowest BCUT2D eigenvalue weighted by Crippen LogP contribution is -2.97. The summed E-state index contributed by atoms with van der Waals surface area (Å²) >= 11 is 0. The molecule has 145 heavy (non-hydrogen) atoms. The van der Waals surface area contributed by atoms with Crippen LogP contribution in [0.15, 0.2) is 24.3 Å². The van der Waals surface area contributed by atoms with Gasteiger partial charge in [0.1, 0.15) is 0 Å². The number of hydrogen-bond donors (Lipinski definition) is 6. The van der Waals surface area contributed by atoms with E-state index in [0.29, 0.717) is 48.7 Å². The molecular weight excluding hydrogens is 1790 g/mol. The third-order valence-electron chi connectivity index (χ3n) is 70.8. The van der Waals surface area contributed by atoms with Gasteiger partial charge < -0.3 is 41.0 Å². The van der Waals surface area contributed by atoms with Gasteiger partial charge in [-0.3, -0.25) is 19.2 Å². The molecule has 0 aromatic heterocycles. The van der Waals surface area contributed by atoms with E-state index in [1.807, 2.05) is 13.8 Å². The Morgan fingerprint density at radius 3 is 0.814 bits per heavy atom. The molecule has 6 N–H and O–H groups in total. The zero-order valence-electron chi connectivity index (χ0n) is 86.0. The summed E-state index contributed by atoms with van der Waals surface area (Å²) in [5, 5.41) is 32.7. The van der Waals surface area contributed by atoms with Crippen molar-refractivity contribution in [3.8, 4) is 0 Å². The fraction of sp³-hybridized carbons (Fsp3) is 0.924. The van der Waals surface area contributed by atoms with Gasteiger partial charge in [0.25, 0.3) is 0 Å². The molecule has 47 aliphatic rings. The average molecular weight is 1950 g/mol. The molecule has 0 radical (unpaired) electrons. The monoisotopic (exact) mass is 1950 g/mol. The van der Waals surface area contributed by atoms with E-state index in [1.54, 1.807) is 32.1 Å². The third kappa shape index (κ3) is 7.10. The smallest absolute Gasteiger partial charge is 0.328 e. The first-order valence-corrected chi connectivity index (χ1v) is 65.1. The van der Waals surface area contributed by atoms with Crippen LogP contribution in [-0.4, -0.2) is 95.4 Å². The molecule has 762 valence electrons.